The monoisotopic (exact) mass is 362 g/mol. The number of carbonyl (C=O) groups is 1. The summed E-state index contributed by atoms with van der Waals surface area (Å²) in [4.78, 5) is 11.8. The van der Waals surface area contributed by atoms with Crippen LogP contribution in [0, 0.1) is 13.8 Å². The highest BCUT2D eigenvalue weighted by molar-refractivity contribution is 9.10. The van der Waals surface area contributed by atoms with Gasteiger partial charge < -0.3 is 15.4 Å². The van der Waals surface area contributed by atoms with Crippen molar-refractivity contribution in [3.05, 3.63) is 58.1 Å². The summed E-state index contributed by atoms with van der Waals surface area (Å²) in [6, 6.07) is 13.2. The van der Waals surface area contributed by atoms with Crippen molar-refractivity contribution in [3.8, 4) is 5.75 Å². The molecule has 2 amide bonds. The van der Waals surface area contributed by atoms with Crippen LogP contribution in [0.5, 0.6) is 5.75 Å². The van der Waals surface area contributed by atoms with Crippen LogP contribution in [0.2, 0.25) is 0 Å². The van der Waals surface area contributed by atoms with Crippen LogP contribution < -0.4 is 15.4 Å². The average Bonchev–Trinajstić information content (AvgIpc) is 2.48. The number of amides is 2. The maximum absolute atomic E-state index is 11.8. The molecular weight excluding hydrogens is 344 g/mol. The molecule has 0 unspecified atom stereocenters. The zero-order valence-corrected chi connectivity index (χ0v) is 14.2. The molecule has 0 fully saturated rings. The predicted octanol–water partition coefficient (Wildman–Crippen LogP) is 4.27. The Morgan fingerprint density at radius 1 is 1.09 bits per heavy atom. The number of nitrogens with one attached hydrogen (secondary N) is 2. The van der Waals surface area contributed by atoms with Crippen LogP contribution in [0.3, 0.4) is 0 Å². The first-order chi connectivity index (χ1) is 10.6. The van der Waals surface area contributed by atoms with Crippen molar-refractivity contribution in [2.75, 3.05) is 18.5 Å². The molecule has 5 heteroatoms. The predicted molar refractivity (Wildman–Crippen MR) is 92.6 cm³/mol. The van der Waals surface area contributed by atoms with E-state index in [2.05, 4.69) is 26.6 Å². The van der Waals surface area contributed by atoms with Gasteiger partial charge in [-0.3, -0.25) is 0 Å². The number of benzene rings is 2. The smallest absolute Gasteiger partial charge is 0.319 e. The zero-order chi connectivity index (χ0) is 15.9. The summed E-state index contributed by atoms with van der Waals surface area (Å²) in [5.74, 6) is 0.885. The maximum atomic E-state index is 11.8. The number of aryl methyl sites for hydroxylation is 2. The Morgan fingerprint density at radius 3 is 2.45 bits per heavy atom. The van der Waals surface area contributed by atoms with Gasteiger partial charge in [-0.05, 0) is 53.0 Å². The summed E-state index contributed by atoms with van der Waals surface area (Å²) in [6.07, 6.45) is 0. The van der Waals surface area contributed by atoms with Gasteiger partial charge >= 0.3 is 6.03 Å². The molecule has 116 valence electrons. The van der Waals surface area contributed by atoms with Crippen LogP contribution in [-0.2, 0) is 0 Å². The molecule has 2 aromatic rings. The fourth-order valence-electron chi connectivity index (χ4n) is 2.07. The molecule has 2 aromatic carbocycles. The third-order valence-corrected chi connectivity index (χ3v) is 3.86. The number of rotatable bonds is 5. The minimum absolute atomic E-state index is 0.253. The molecular formula is C17H19BrN2O2. The van der Waals surface area contributed by atoms with E-state index in [-0.39, 0.29) is 6.03 Å². The largest absolute Gasteiger partial charge is 0.491 e. The number of urea groups is 1. The first-order valence-electron chi connectivity index (χ1n) is 7.06. The first-order valence-corrected chi connectivity index (χ1v) is 7.85. The number of carbonyl (C=O) groups excluding carboxylic acids is 1. The highest BCUT2D eigenvalue weighted by atomic mass is 79.9. The van der Waals surface area contributed by atoms with Gasteiger partial charge in [0, 0.05) is 4.47 Å². The fraction of sp³-hybridized carbons (Fsp3) is 0.235. The lowest BCUT2D eigenvalue weighted by Crippen LogP contribution is -2.32. The molecule has 2 rings (SSSR count). The van der Waals surface area contributed by atoms with Crippen LogP contribution >= 0.6 is 15.9 Å². The minimum atomic E-state index is -0.253. The SMILES string of the molecule is Cc1cccc(C)c1OCCNC(=O)Nc1ccccc1Br. The Kier molecular flexibility index (Phi) is 5.83. The second-order valence-corrected chi connectivity index (χ2v) is 5.78. The van der Waals surface area contributed by atoms with Crippen LogP contribution in [0.25, 0.3) is 0 Å². The molecule has 0 aliphatic heterocycles. The second-order valence-electron chi connectivity index (χ2n) is 4.93. The Hall–Kier alpha value is -2.01. The second kappa shape index (κ2) is 7.84. The van der Waals surface area contributed by atoms with Gasteiger partial charge in [-0.1, -0.05) is 30.3 Å². The van der Waals surface area contributed by atoms with E-state index in [9.17, 15) is 4.79 Å². The topological polar surface area (TPSA) is 50.4 Å². The molecule has 0 bridgehead atoms. The highest BCUT2D eigenvalue weighted by Gasteiger charge is 2.05. The summed E-state index contributed by atoms with van der Waals surface area (Å²) >= 11 is 3.39. The Morgan fingerprint density at radius 2 is 1.77 bits per heavy atom. The van der Waals surface area contributed by atoms with Crippen molar-refractivity contribution in [1.82, 2.24) is 5.32 Å². The molecule has 0 atom stereocenters. The Bertz CT molecular complexity index is 639. The summed E-state index contributed by atoms with van der Waals surface area (Å²) in [5, 5.41) is 5.55. The number of ether oxygens (including phenoxy) is 1. The normalized spacial score (nSPS) is 10.1. The van der Waals surface area contributed by atoms with Crippen molar-refractivity contribution in [3.63, 3.8) is 0 Å². The molecule has 0 radical (unpaired) electrons. The van der Waals surface area contributed by atoms with Crippen molar-refractivity contribution in [2.45, 2.75) is 13.8 Å². The Balaban J connectivity index is 1.77. The molecule has 0 saturated heterocycles. The van der Waals surface area contributed by atoms with Crippen molar-refractivity contribution >= 4 is 27.6 Å². The van der Waals surface area contributed by atoms with Crippen molar-refractivity contribution in [2.24, 2.45) is 0 Å². The molecule has 0 aliphatic carbocycles. The van der Waals surface area contributed by atoms with E-state index >= 15 is 0 Å². The van der Waals surface area contributed by atoms with Gasteiger partial charge in [0.15, 0.2) is 0 Å². The zero-order valence-electron chi connectivity index (χ0n) is 12.7. The molecule has 0 aromatic heterocycles. The Labute approximate surface area is 139 Å². The summed E-state index contributed by atoms with van der Waals surface area (Å²) < 4.78 is 6.58. The molecule has 0 aliphatic rings. The van der Waals surface area contributed by atoms with Gasteiger partial charge in [0.2, 0.25) is 0 Å². The van der Waals surface area contributed by atoms with Gasteiger partial charge in [0.1, 0.15) is 12.4 Å². The molecule has 2 N–H and O–H groups in total. The third kappa shape index (κ3) is 4.49. The van der Waals surface area contributed by atoms with E-state index in [1.165, 1.54) is 0 Å². The molecule has 0 spiro atoms. The lowest BCUT2D eigenvalue weighted by Gasteiger charge is -2.13. The van der Waals surface area contributed by atoms with Crippen molar-refractivity contribution < 1.29 is 9.53 Å². The number of para-hydroxylation sites is 2. The van der Waals surface area contributed by atoms with E-state index in [1.807, 2.05) is 56.3 Å². The van der Waals surface area contributed by atoms with Gasteiger partial charge in [-0.2, -0.15) is 0 Å². The molecule has 22 heavy (non-hydrogen) atoms. The van der Waals surface area contributed by atoms with E-state index in [0.29, 0.717) is 13.2 Å². The molecule has 0 saturated carbocycles. The fourth-order valence-corrected chi connectivity index (χ4v) is 2.46. The highest BCUT2D eigenvalue weighted by Crippen LogP contribution is 2.22. The van der Waals surface area contributed by atoms with Gasteiger partial charge in [-0.15, -0.1) is 0 Å². The number of anilines is 1. The van der Waals surface area contributed by atoms with E-state index in [4.69, 9.17) is 4.74 Å². The lowest BCUT2D eigenvalue weighted by atomic mass is 10.1. The van der Waals surface area contributed by atoms with Gasteiger partial charge in [0.25, 0.3) is 0 Å². The van der Waals surface area contributed by atoms with Crippen LogP contribution in [0.1, 0.15) is 11.1 Å². The number of hydrogen-bond donors (Lipinski definition) is 2. The summed E-state index contributed by atoms with van der Waals surface area (Å²) in [5.41, 5.74) is 2.92. The average molecular weight is 363 g/mol. The summed E-state index contributed by atoms with van der Waals surface area (Å²) in [6.45, 7) is 4.88. The van der Waals surface area contributed by atoms with Crippen molar-refractivity contribution in [1.29, 1.82) is 0 Å². The maximum Gasteiger partial charge on any atom is 0.319 e. The lowest BCUT2D eigenvalue weighted by molar-refractivity contribution is 0.247. The molecule has 0 heterocycles. The standard InChI is InChI=1S/C17H19BrN2O2/c1-12-6-5-7-13(2)16(12)22-11-10-19-17(21)20-15-9-4-3-8-14(15)18/h3-9H,10-11H2,1-2H3,(H2,19,20,21). The van der Waals surface area contributed by atoms with Gasteiger partial charge in [-0.25, -0.2) is 4.79 Å². The third-order valence-electron chi connectivity index (χ3n) is 3.16. The quantitative estimate of drug-likeness (QED) is 0.780. The molecule has 4 nitrogen and oxygen atoms in total. The van der Waals surface area contributed by atoms with E-state index < -0.39 is 0 Å². The van der Waals surface area contributed by atoms with E-state index in [1.54, 1.807) is 0 Å². The number of hydrogen-bond acceptors (Lipinski definition) is 2. The van der Waals surface area contributed by atoms with Crippen LogP contribution in [0.4, 0.5) is 10.5 Å². The van der Waals surface area contributed by atoms with Gasteiger partial charge in [0.05, 0.1) is 12.2 Å². The van der Waals surface area contributed by atoms with E-state index in [0.717, 1.165) is 27.0 Å². The number of halogens is 1. The first kappa shape index (κ1) is 16.4. The van der Waals surface area contributed by atoms with Crippen LogP contribution in [0.15, 0.2) is 46.9 Å². The van der Waals surface area contributed by atoms with Crippen LogP contribution in [-0.4, -0.2) is 19.2 Å². The summed E-state index contributed by atoms with van der Waals surface area (Å²) in [7, 11) is 0. The minimum Gasteiger partial charge on any atom is -0.491 e.